The monoisotopic (exact) mass is 418 g/mol. The highest BCUT2D eigenvalue weighted by Gasteiger charge is 2.31. The van der Waals surface area contributed by atoms with Gasteiger partial charge in [0.05, 0.1) is 19.1 Å². The predicted octanol–water partition coefficient (Wildman–Crippen LogP) is 3.30. The summed E-state index contributed by atoms with van der Waals surface area (Å²) in [5.74, 6) is 0.535. The van der Waals surface area contributed by atoms with Crippen LogP contribution in [-0.4, -0.2) is 40.3 Å². The van der Waals surface area contributed by atoms with Gasteiger partial charge in [0.25, 0.3) is 0 Å². The molecule has 0 heterocycles. The van der Waals surface area contributed by atoms with Crippen molar-refractivity contribution in [1.82, 2.24) is 5.32 Å². The Hall–Kier alpha value is -2.54. The van der Waals surface area contributed by atoms with Crippen molar-refractivity contribution in [2.24, 2.45) is 0 Å². The molecule has 6 nitrogen and oxygen atoms in total. The Morgan fingerprint density at radius 3 is 2.52 bits per heavy atom. The molecule has 0 aliphatic heterocycles. The van der Waals surface area contributed by atoms with Crippen LogP contribution >= 0.6 is 0 Å². The van der Waals surface area contributed by atoms with Gasteiger partial charge in [-0.1, -0.05) is 37.3 Å². The summed E-state index contributed by atoms with van der Waals surface area (Å²) in [5.41, 5.74) is 2.51. The van der Waals surface area contributed by atoms with Gasteiger partial charge in [0.1, 0.15) is 11.8 Å². The molecule has 29 heavy (non-hydrogen) atoms. The van der Waals surface area contributed by atoms with E-state index in [9.17, 15) is 13.2 Å². The lowest BCUT2D eigenvalue weighted by Gasteiger charge is -2.30. The summed E-state index contributed by atoms with van der Waals surface area (Å²) in [5, 5.41) is 2.89. The number of aryl methyl sites for hydroxylation is 2. The Morgan fingerprint density at radius 1 is 1.17 bits per heavy atom. The number of nitrogens with one attached hydrogen (secondary N) is 1. The largest absolute Gasteiger partial charge is 0.496 e. The first kappa shape index (κ1) is 22.7. The first-order chi connectivity index (χ1) is 13.8. The number of nitrogens with zero attached hydrogens (tertiary/aromatic N) is 1. The van der Waals surface area contributed by atoms with Crippen LogP contribution in [0, 0.1) is 6.92 Å². The minimum atomic E-state index is -3.62. The number of amides is 1. The third kappa shape index (κ3) is 6.22. The molecule has 2 rings (SSSR count). The molecule has 0 saturated heterocycles. The molecule has 2 aromatic carbocycles. The molecule has 1 N–H and O–H groups in total. The number of hydrogen-bond donors (Lipinski definition) is 1. The van der Waals surface area contributed by atoms with Gasteiger partial charge in [0.15, 0.2) is 0 Å². The molecule has 158 valence electrons. The van der Waals surface area contributed by atoms with Crippen LogP contribution in [0.4, 0.5) is 5.69 Å². The summed E-state index contributed by atoms with van der Waals surface area (Å²) in [6, 6.07) is 14.2. The summed E-state index contributed by atoms with van der Waals surface area (Å²) in [4.78, 5) is 12.8. The third-order valence-electron chi connectivity index (χ3n) is 4.70. The number of methoxy groups -OCH3 is 1. The van der Waals surface area contributed by atoms with Gasteiger partial charge in [-0.25, -0.2) is 8.42 Å². The molecule has 0 fully saturated rings. The van der Waals surface area contributed by atoms with E-state index in [0.717, 1.165) is 36.0 Å². The highest BCUT2D eigenvalue weighted by Crippen LogP contribution is 2.23. The Balaban J connectivity index is 2.06. The molecule has 0 unspecified atom stereocenters. The lowest BCUT2D eigenvalue weighted by molar-refractivity contribution is -0.122. The van der Waals surface area contributed by atoms with E-state index >= 15 is 0 Å². The van der Waals surface area contributed by atoms with E-state index < -0.39 is 16.1 Å². The standard InChI is InChI=1S/C22H30N2O4S/c1-5-20(24(29(4,26)27)19-13-8-10-17(2)16-19)22(25)23-15-9-12-18-11-6-7-14-21(18)28-3/h6-8,10-11,13-14,16,20H,5,9,12,15H2,1-4H3,(H,23,25)/t20-/m1/s1. The molecule has 1 amide bonds. The number of carbonyl (C=O) groups excluding carboxylic acids is 1. The average molecular weight is 419 g/mol. The van der Waals surface area contributed by atoms with E-state index in [1.165, 1.54) is 4.31 Å². The number of sulfonamides is 1. The summed E-state index contributed by atoms with van der Waals surface area (Å²) < 4.78 is 31.5. The van der Waals surface area contributed by atoms with Crippen molar-refractivity contribution in [3.8, 4) is 5.75 Å². The first-order valence-electron chi connectivity index (χ1n) is 9.73. The summed E-state index contributed by atoms with van der Waals surface area (Å²) in [7, 11) is -1.98. The highest BCUT2D eigenvalue weighted by atomic mass is 32.2. The zero-order valence-electron chi connectivity index (χ0n) is 17.5. The van der Waals surface area contributed by atoms with Crippen LogP contribution < -0.4 is 14.4 Å². The van der Waals surface area contributed by atoms with Crippen LogP contribution in [0.2, 0.25) is 0 Å². The van der Waals surface area contributed by atoms with Crippen molar-refractivity contribution in [2.45, 2.75) is 39.2 Å². The van der Waals surface area contributed by atoms with E-state index in [2.05, 4.69) is 5.32 Å². The van der Waals surface area contributed by atoms with Gasteiger partial charge >= 0.3 is 0 Å². The van der Waals surface area contributed by atoms with Crippen LogP contribution in [0.25, 0.3) is 0 Å². The number of ether oxygens (including phenoxy) is 1. The topological polar surface area (TPSA) is 75.7 Å². The normalized spacial score (nSPS) is 12.3. The molecular weight excluding hydrogens is 388 g/mol. The van der Waals surface area contributed by atoms with Gasteiger partial charge < -0.3 is 10.1 Å². The molecule has 0 radical (unpaired) electrons. The van der Waals surface area contributed by atoms with Gasteiger partial charge in [-0.15, -0.1) is 0 Å². The van der Waals surface area contributed by atoms with Gasteiger partial charge in [0.2, 0.25) is 15.9 Å². The maximum Gasteiger partial charge on any atom is 0.243 e. The summed E-state index contributed by atoms with van der Waals surface area (Å²) in [6.07, 6.45) is 2.99. The molecule has 0 bridgehead atoms. The second-order valence-electron chi connectivity index (χ2n) is 7.03. The fourth-order valence-electron chi connectivity index (χ4n) is 3.34. The van der Waals surface area contributed by atoms with Gasteiger partial charge in [-0.05, 0) is 55.5 Å². The van der Waals surface area contributed by atoms with Crippen molar-refractivity contribution < 1.29 is 17.9 Å². The van der Waals surface area contributed by atoms with E-state index in [-0.39, 0.29) is 5.91 Å². The molecule has 0 aliphatic carbocycles. The molecule has 2 aromatic rings. The SMILES string of the molecule is CC[C@H](C(=O)NCCCc1ccccc1OC)N(c1cccc(C)c1)S(C)(=O)=O. The maximum atomic E-state index is 12.8. The van der Waals surface area contributed by atoms with Crippen molar-refractivity contribution in [3.63, 3.8) is 0 Å². The lowest BCUT2D eigenvalue weighted by atomic mass is 10.1. The Bertz CT molecular complexity index is 928. The van der Waals surface area contributed by atoms with E-state index in [1.807, 2.05) is 44.2 Å². The van der Waals surface area contributed by atoms with Crippen LogP contribution in [0.1, 0.15) is 30.9 Å². The summed E-state index contributed by atoms with van der Waals surface area (Å²) in [6.45, 7) is 4.16. The average Bonchev–Trinajstić information content (AvgIpc) is 2.68. The molecule has 0 aliphatic rings. The lowest BCUT2D eigenvalue weighted by Crippen LogP contribution is -2.49. The molecular formula is C22H30N2O4S. The molecule has 0 saturated carbocycles. The quantitative estimate of drug-likeness (QED) is 0.601. The number of anilines is 1. The Kier molecular flexibility index (Phi) is 8.08. The third-order valence-corrected chi connectivity index (χ3v) is 5.88. The fraction of sp³-hybridized carbons (Fsp3) is 0.409. The highest BCUT2D eigenvalue weighted by molar-refractivity contribution is 7.92. The Morgan fingerprint density at radius 2 is 1.90 bits per heavy atom. The van der Waals surface area contributed by atoms with E-state index in [1.54, 1.807) is 25.3 Å². The number of carbonyl (C=O) groups is 1. The van der Waals surface area contributed by atoms with Gasteiger partial charge in [-0.3, -0.25) is 9.10 Å². The molecule has 0 spiro atoms. The van der Waals surface area contributed by atoms with Crippen molar-refractivity contribution in [3.05, 3.63) is 59.7 Å². The van der Waals surface area contributed by atoms with Crippen LogP contribution in [0.5, 0.6) is 5.75 Å². The molecule has 7 heteroatoms. The minimum Gasteiger partial charge on any atom is -0.496 e. The molecule has 1 atom stereocenters. The van der Waals surface area contributed by atoms with Gasteiger partial charge in [-0.2, -0.15) is 0 Å². The maximum absolute atomic E-state index is 12.8. The number of hydrogen-bond acceptors (Lipinski definition) is 4. The Labute approximate surface area is 173 Å². The predicted molar refractivity (Wildman–Crippen MR) is 117 cm³/mol. The minimum absolute atomic E-state index is 0.292. The van der Waals surface area contributed by atoms with E-state index in [4.69, 9.17) is 4.74 Å². The van der Waals surface area contributed by atoms with Crippen LogP contribution in [0.3, 0.4) is 0 Å². The first-order valence-corrected chi connectivity index (χ1v) is 11.6. The smallest absolute Gasteiger partial charge is 0.243 e. The van der Waals surface area contributed by atoms with Crippen LogP contribution in [0.15, 0.2) is 48.5 Å². The second-order valence-corrected chi connectivity index (χ2v) is 8.89. The number of rotatable bonds is 10. The zero-order valence-corrected chi connectivity index (χ0v) is 18.3. The second kappa shape index (κ2) is 10.3. The zero-order chi connectivity index (χ0) is 21.4. The van der Waals surface area contributed by atoms with E-state index in [0.29, 0.717) is 18.7 Å². The van der Waals surface area contributed by atoms with Crippen molar-refractivity contribution in [1.29, 1.82) is 0 Å². The van der Waals surface area contributed by atoms with Gasteiger partial charge in [0, 0.05) is 6.54 Å². The van der Waals surface area contributed by atoms with Crippen molar-refractivity contribution >= 4 is 21.6 Å². The summed E-state index contributed by atoms with van der Waals surface area (Å²) >= 11 is 0. The number of benzene rings is 2. The fourth-order valence-corrected chi connectivity index (χ4v) is 4.55. The number of para-hydroxylation sites is 1. The van der Waals surface area contributed by atoms with Crippen LogP contribution in [-0.2, 0) is 21.2 Å². The van der Waals surface area contributed by atoms with Crippen molar-refractivity contribution in [2.75, 3.05) is 24.2 Å². The molecule has 0 aromatic heterocycles.